The van der Waals surface area contributed by atoms with E-state index in [1.807, 2.05) is 28.8 Å². The number of pyridine rings is 1. The van der Waals surface area contributed by atoms with Gasteiger partial charge in [0.1, 0.15) is 5.82 Å². The molecule has 0 spiro atoms. The molecule has 1 saturated heterocycles. The molecule has 3 heterocycles. The Morgan fingerprint density at radius 2 is 1.72 bits per heavy atom. The van der Waals surface area contributed by atoms with Crippen molar-refractivity contribution in [3.8, 4) is 0 Å². The number of hydrogen-bond acceptors (Lipinski definition) is 4. The first kappa shape index (κ1) is 16.5. The highest BCUT2D eigenvalue weighted by Gasteiger charge is 2.31. The van der Waals surface area contributed by atoms with Gasteiger partial charge in [-0.2, -0.15) is 4.31 Å². The highest BCUT2D eigenvalue weighted by atomic mass is 35.5. The smallest absolute Gasteiger partial charge is 0.243 e. The summed E-state index contributed by atoms with van der Waals surface area (Å²) in [6.07, 6.45) is 3.40. The largest absolute Gasteiger partial charge is 0.286 e. The zero-order valence-corrected chi connectivity index (χ0v) is 15.0. The van der Waals surface area contributed by atoms with E-state index in [0.29, 0.717) is 18.1 Å². The molecule has 1 aliphatic rings. The fourth-order valence-electron chi connectivity index (χ4n) is 3.25. The molecule has 25 heavy (non-hydrogen) atoms. The molecule has 4 rings (SSSR count). The van der Waals surface area contributed by atoms with Gasteiger partial charge in [-0.25, -0.2) is 8.42 Å². The van der Waals surface area contributed by atoms with E-state index in [-0.39, 0.29) is 10.8 Å². The van der Waals surface area contributed by atoms with E-state index in [4.69, 9.17) is 11.6 Å². The molecule has 1 fully saturated rings. The number of halogens is 1. The van der Waals surface area contributed by atoms with Crippen LogP contribution in [0.15, 0.2) is 53.6 Å². The first-order chi connectivity index (χ1) is 12.1. The molecule has 0 radical (unpaired) electrons. The standard InChI is InChI=1S/C17H17ClN4O2S/c18-14-4-6-15(7-5-14)25(23,24)21-11-8-13(9-12-21)17-20-19-16-3-1-2-10-22(16)17/h1-7,10,13H,8-9,11-12H2. The van der Waals surface area contributed by atoms with Gasteiger partial charge in [-0.05, 0) is 49.2 Å². The van der Waals surface area contributed by atoms with Crippen molar-refractivity contribution in [2.45, 2.75) is 23.7 Å². The highest BCUT2D eigenvalue weighted by molar-refractivity contribution is 7.89. The number of sulfonamides is 1. The summed E-state index contributed by atoms with van der Waals surface area (Å²) >= 11 is 5.85. The molecular formula is C17H17ClN4O2S. The first-order valence-electron chi connectivity index (χ1n) is 8.11. The lowest BCUT2D eigenvalue weighted by Gasteiger charge is -2.30. The Balaban J connectivity index is 1.52. The minimum Gasteiger partial charge on any atom is -0.286 e. The van der Waals surface area contributed by atoms with Crippen LogP contribution in [0.25, 0.3) is 5.65 Å². The van der Waals surface area contributed by atoms with Gasteiger partial charge < -0.3 is 0 Å². The zero-order chi connectivity index (χ0) is 17.4. The number of benzene rings is 1. The van der Waals surface area contributed by atoms with Crippen LogP contribution in [0.5, 0.6) is 0 Å². The Morgan fingerprint density at radius 3 is 2.44 bits per heavy atom. The lowest BCUT2D eigenvalue weighted by atomic mass is 9.97. The number of nitrogens with zero attached hydrogens (tertiary/aromatic N) is 4. The van der Waals surface area contributed by atoms with Crippen LogP contribution >= 0.6 is 11.6 Å². The Morgan fingerprint density at radius 1 is 1.00 bits per heavy atom. The van der Waals surface area contributed by atoms with Crippen LogP contribution in [-0.2, 0) is 10.0 Å². The minimum atomic E-state index is -3.48. The van der Waals surface area contributed by atoms with E-state index in [0.717, 1.165) is 24.3 Å². The topological polar surface area (TPSA) is 67.6 Å². The summed E-state index contributed by atoms with van der Waals surface area (Å²) in [5, 5.41) is 9.01. The van der Waals surface area contributed by atoms with Crippen LogP contribution in [0.3, 0.4) is 0 Å². The molecule has 0 atom stereocenters. The van der Waals surface area contributed by atoms with E-state index in [2.05, 4.69) is 10.2 Å². The van der Waals surface area contributed by atoms with Crippen molar-refractivity contribution in [1.82, 2.24) is 18.9 Å². The quantitative estimate of drug-likeness (QED) is 0.704. The third kappa shape index (κ3) is 3.03. The van der Waals surface area contributed by atoms with Crippen molar-refractivity contribution < 1.29 is 8.42 Å². The van der Waals surface area contributed by atoms with Gasteiger partial charge in [0.2, 0.25) is 10.0 Å². The van der Waals surface area contributed by atoms with E-state index in [9.17, 15) is 8.42 Å². The van der Waals surface area contributed by atoms with Crippen LogP contribution in [0.4, 0.5) is 0 Å². The molecule has 130 valence electrons. The first-order valence-corrected chi connectivity index (χ1v) is 9.93. The monoisotopic (exact) mass is 376 g/mol. The van der Waals surface area contributed by atoms with Gasteiger partial charge in [0, 0.05) is 30.2 Å². The van der Waals surface area contributed by atoms with Gasteiger partial charge in [0.15, 0.2) is 5.65 Å². The van der Waals surface area contributed by atoms with Crippen molar-refractivity contribution >= 4 is 27.3 Å². The van der Waals surface area contributed by atoms with E-state index >= 15 is 0 Å². The van der Waals surface area contributed by atoms with Crippen LogP contribution in [0.1, 0.15) is 24.6 Å². The second-order valence-corrected chi connectivity index (χ2v) is 8.49. The summed E-state index contributed by atoms with van der Waals surface area (Å²) in [4.78, 5) is 0.281. The van der Waals surface area contributed by atoms with Gasteiger partial charge in [0.25, 0.3) is 0 Å². The fraction of sp³-hybridized carbons (Fsp3) is 0.294. The maximum absolute atomic E-state index is 12.8. The number of rotatable bonds is 3. The number of hydrogen-bond donors (Lipinski definition) is 0. The van der Waals surface area contributed by atoms with Gasteiger partial charge in [-0.1, -0.05) is 17.7 Å². The van der Waals surface area contributed by atoms with Gasteiger partial charge in [0.05, 0.1) is 4.90 Å². The number of aromatic nitrogens is 3. The maximum Gasteiger partial charge on any atom is 0.243 e. The van der Waals surface area contributed by atoms with Crippen LogP contribution in [-0.4, -0.2) is 40.4 Å². The number of fused-ring (bicyclic) bond motifs is 1. The SMILES string of the molecule is O=S(=O)(c1ccc(Cl)cc1)N1CCC(c2nnc3ccccn23)CC1. The Kier molecular flexibility index (Phi) is 4.23. The molecular weight excluding hydrogens is 360 g/mol. The molecule has 8 heteroatoms. The van der Waals surface area contributed by atoms with Crippen LogP contribution in [0.2, 0.25) is 5.02 Å². The van der Waals surface area contributed by atoms with E-state index < -0.39 is 10.0 Å². The predicted octanol–water partition coefficient (Wildman–Crippen LogP) is 2.95. The zero-order valence-electron chi connectivity index (χ0n) is 13.4. The van der Waals surface area contributed by atoms with Crippen molar-refractivity contribution in [3.63, 3.8) is 0 Å². The lowest BCUT2D eigenvalue weighted by molar-refractivity contribution is 0.312. The highest BCUT2D eigenvalue weighted by Crippen LogP contribution is 2.30. The third-order valence-electron chi connectivity index (χ3n) is 4.61. The summed E-state index contributed by atoms with van der Waals surface area (Å²) < 4.78 is 29.0. The van der Waals surface area contributed by atoms with E-state index in [1.54, 1.807) is 24.3 Å². The third-order valence-corrected chi connectivity index (χ3v) is 6.78. The van der Waals surface area contributed by atoms with Crippen molar-refractivity contribution in [1.29, 1.82) is 0 Å². The second-order valence-electron chi connectivity index (χ2n) is 6.12. The minimum absolute atomic E-state index is 0.203. The van der Waals surface area contributed by atoms with E-state index in [1.165, 1.54) is 4.31 Å². The molecule has 1 aliphatic heterocycles. The average molecular weight is 377 g/mol. The summed E-state index contributed by atoms with van der Waals surface area (Å²) in [5.74, 6) is 1.10. The Bertz CT molecular complexity index is 993. The molecule has 6 nitrogen and oxygen atoms in total. The summed E-state index contributed by atoms with van der Waals surface area (Å²) in [6.45, 7) is 0.939. The lowest BCUT2D eigenvalue weighted by Crippen LogP contribution is -2.38. The molecule has 2 aromatic heterocycles. The predicted molar refractivity (Wildman–Crippen MR) is 95.2 cm³/mol. The van der Waals surface area contributed by atoms with Gasteiger partial charge in [-0.3, -0.25) is 4.40 Å². The van der Waals surface area contributed by atoms with Crippen molar-refractivity contribution in [3.05, 3.63) is 59.5 Å². The average Bonchev–Trinajstić information content (AvgIpc) is 3.06. The summed E-state index contributed by atoms with van der Waals surface area (Å²) in [5.41, 5.74) is 0.814. The molecule has 3 aromatic rings. The fourth-order valence-corrected chi connectivity index (χ4v) is 4.84. The van der Waals surface area contributed by atoms with Crippen molar-refractivity contribution in [2.24, 2.45) is 0 Å². The molecule has 1 aromatic carbocycles. The molecule has 0 N–H and O–H groups in total. The second kappa shape index (κ2) is 6.40. The van der Waals surface area contributed by atoms with Crippen LogP contribution in [0, 0.1) is 0 Å². The Hall–Kier alpha value is -1.96. The van der Waals surface area contributed by atoms with Crippen LogP contribution < -0.4 is 0 Å². The van der Waals surface area contributed by atoms with Gasteiger partial charge in [-0.15, -0.1) is 10.2 Å². The summed E-state index contributed by atoms with van der Waals surface area (Å²) in [6, 6.07) is 12.1. The normalized spacial score (nSPS) is 17.2. The number of piperidine rings is 1. The molecule has 0 unspecified atom stereocenters. The maximum atomic E-state index is 12.8. The summed E-state index contributed by atoms with van der Waals surface area (Å²) in [7, 11) is -3.48. The molecule has 0 aliphatic carbocycles. The molecule has 0 bridgehead atoms. The molecule has 0 amide bonds. The Labute approximate surface area is 151 Å². The van der Waals surface area contributed by atoms with Crippen molar-refractivity contribution in [2.75, 3.05) is 13.1 Å². The van der Waals surface area contributed by atoms with Gasteiger partial charge >= 0.3 is 0 Å². The molecule has 0 saturated carbocycles.